The molecule has 6 nitrogen and oxygen atoms in total. The third-order valence-electron chi connectivity index (χ3n) is 5.80. The summed E-state index contributed by atoms with van der Waals surface area (Å²) in [5.74, 6) is 0.327. The van der Waals surface area contributed by atoms with Crippen molar-refractivity contribution in [2.75, 3.05) is 11.4 Å². The van der Waals surface area contributed by atoms with Crippen LogP contribution >= 0.6 is 0 Å². The van der Waals surface area contributed by atoms with Crippen molar-refractivity contribution in [2.45, 2.75) is 56.9 Å². The Morgan fingerprint density at radius 2 is 1.90 bits per heavy atom. The second-order valence-corrected chi connectivity index (χ2v) is 9.54. The van der Waals surface area contributed by atoms with Gasteiger partial charge in [-0.25, -0.2) is 0 Å². The average Bonchev–Trinajstić information content (AvgIpc) is 2.97. The smallest absolute Gasteiger partial charge is 0.286 e. The van der Waals surface area contributed by atoms with Crippen molar-refractivity contribution in [3.63, 3.8) is 0 Å². The van der Waals surface area contributed by atoms with Crippen LogP contribution in [-0.2, 0) is 10.0 Å². The first kappa shape index (κ1) is 20.6. The van der Waals surface area contributed by atoms with E-state index in [-0.39, 0.29) is 16.8 Å². The quantitative estimate of drug-likeness (QED) is 0.790. The number of anilines is 1. The Labute approximate surface area is 178 Å². The van der Waals surface area contributed by atoms with Gasteiger partial charge in [0.2, 0.25) is 0 Å². The fraction of sp³-hybridized carbons (Fsp3) is 0.391. The Hall–Kier alpha value is -2.67. The molecule has 1 fully saturated rings. The molecular weight excluding hydrogens is 398 g/mol. The predicted molar refractivity (Wildman–Crippen MR) is 119 cm³/mol. The number of carbonyl (C=O) groups is 1. The van der Waals surface area contributed by atoms with Crippen molar-refractivity contribution in [3.05, 3.63) is 59.2 Å². The fourth-order valence-electron chi connectivity index (χ4n) is 4.08. The fourth-order valence-corrected chi connectivity index (χ4v) is 5.37. The van der Waals surface area contributed by atoms with E-state index in [4.69, 9.17) is 0 Å². The van der Waals surface area contributed by atoms with Gasteiger partial charge in [-0.3, -0.25) is 4.79 Å². The van der Waals surface area contributed by atoms with Crippen LogP contribution < -0.4 is 10.2 Å². The molecule has 2 heterocycles. The number of rotatable bonds is 4. The number of amides is 1. The summed E-state index contributed by atoms with van der Waals surface area (Å²) in [6, 6.07) is 12.8. The molecule has 2 aliphatic rings. The van der Waals surface area contributed by atoms with E-state index < -0.39 is 10.0 Å². The van der Waals surface area contributed by atoms with Gasteiger partial charge in [-0.2, -0.15) is 8.42 Å². The van der Waals surface area contributed by atoms with Crippen LogP contribution in [0.1, 0.15) is 66.6 Å². The minimum atomic E-state index is -3.81. The number of hydrogen-bond acceptors (Lipinski definition) is 4. The lowest BCUT2D eigenvalue weighted by Gasteiger charge is -2.29. The molecule has 0 aromatic heterocycles. The first-order valence-corrected chi connectivity index (χ1v) is 12.0. The van der Waals surface area contributed by atoms with E-state index >= 15 is 0 Å². The number of fused-ring (bicyclic) bond motifs is 3. The summed E-state index contributed by atoms with van der Waals surface area (Å²) < 4.78 is 29.7. The summed E-state index contributed by atoms with van der Waals surface area (Å²) in [4.78, 5) is 15.0. The van der Waals surface area contributed by atoms with Crippen molar-refractivity contribution in [3.8, 4) is 0 Å². The monoisotopic (exact) mass is 425 g/mol. The summed E-state index contributed by atoms with van der Waals surface area (Å²) in [6.07, 6.45) is 4.39. The van der Waals surface area contributed by atoms with Gasteiger partial charge in [0, 0.05) is 18.5 Å². The summed E-state index contributed by atoms with van der Waals surface area (Å²) in [5, 5.41) is 3.04. The molecule has 0 aliphatic carbocycles. The van der Waals surface area contributed by atoms with Gasteiger partial charge < -0.3 is 10.2 Å². The van der Waals surface area contributed by atoms with Crippen LogP contribution in [0.15, 0.2) is 51.8 Å². The molecule has 0 radical (unpaired) electrons. The van der Waals surface area contributed by atoms with Gasteiger partial charge in [0.05, 0.1) is 11.7 Å². The Morgan fingerprint density at radius 1 is 1.13 bits per heavy atom. The molecule has 1 N–H and O–H groups in total. The third kappa shape index (κ3) is 3.99. The lowest BCUT2D eigenvalue weighted by atomic mass is 10.0. The molecule has 0 bridgehead atoms. The van der Waals surface area contributed by atoms with E-state index in [0.29, 0.717) is 23.5 Å². The van der Waals surface area contributed by atoms with E-state index in [1.165, 1.54) is 6.07 Å². The maximum Gasteiger partial charge on any atom is 0.286 e. The zero-order chi connectivity index (χ0) is 21.3. The number of benzene rings is 2. The Kier molecular flexibility index (Phi) is 5.64. The van der Waals surface area contributed by atoms with Crippen molar-refractivity contribution in [2.24, 2.45) is 4.40 Å². The summed E-state index contributed by atoms with van der Waals surface area (Å²) >= 11 is 0. The molecular formula is C23H27N3O3S. The van der Waals surface area contributed by atoms with Crippen molar-refractivity contribution >= 4 is 27.5 Å². The highest BCUT2D eigenvalue weighted by atomic mass is 32.2. The highest BCUT2D eigenvalue weighted by Crippen LogP contribution is 2.35. The lowest BCUT2D eigenvalue weighted by Crippen LogP contribution is -2.35. The molecule has 2 aromatic rings. The number of nitrogens with one attached hydrogen (secondary N) is 1. The van der Waals surface area contributed by atoms with Crippen LogP contribution in [0, 0.1) is 6.92 Å². The second-order valence-electron chi connectivity index (χ2n) is 7.97. The van der Waals surface area contributed by atoms with Gasteiger partial charge in [0.1, 0.15) is 10.7 Å². The van der Waals surface area contributed by atoms with Crippen molar-refractivity contribution < 1.29 is 13.2 Å². The number of hydrogen-bond donors (Lipinski definition) is 1. The Bertz CT molecular complexity index is 1090. The number of nitrogens with zero attached hydrogens (tertiary/aromatic N) is 2. The highest BCUT2D eigenvalue weighted by Gasteiger charge is 2.32. The van der Waals surface area contributed by atoms with Crippen LogP contribution in [-0.4, -0.2) is 26.7 Å². The summed E-state index contributed by atoms with van der Waals surface area (Å²) in [5.41, 5.74) is 3.15. The molecule has 2 aromatic carbocycles. The minimum Gasteiger partial charge on any atom is -0.345 e. The predicted octanol–water partition coefficient (Wildman–Crippen LogP) is 4.36. The van der Waals surface area contributed by atoms with Crippen LogP contribution in [0.25, 0.3) is 0 Å². The second kappa shape index (κ2) is 8.22. The summed E-state index contributed by atoms with van der Waals surface area (Å²) in [7, 11) is -3.81. The standard InChI is InChI=1S/C23H27N3O3S/c1-3-19(17-10-8-16(2)9-11-17)24-23(27)18-12-13-20-21(15-18)30(28,29)25-22-7-5-4-6-14-26(20)22/h8-13,15,19H,3-7,14H2,1-2H3,(H,24,27)/t19-/m1/s1. The van der Waals surface area contributed by atoms with Gasteiger partial charge in [0.15, 0.2) is 0 Å². The van der Waals surface area contributed by atoms with Crippen LogP contribution in [0.5, 0.6) is 0 Å². The van der Waals surface area contributed by atoms with Crippen LogP contribution in [0.2, 0.25) is 0 Å². The highest BCUT2D eigenvalue weighted by molar-refractivity contribution is 7.90. The zero-order valence-electron chi connectivity index (χ0n) is 17.4. The Morgan fingerprint density at radius 3 is 2.63 bits per heavy atom. The van der Waals surface area contributed by atoms with Gasteiger partial charge in [0.25, 0.3) is 15.9 Å². The van der Waals surface area contributed by atoms with Gasteiger partial charge in [-0.15, -0.1) is 4.40 Å². The molecule has 30 heavy (non-hydrogen) atoms. The van der Waals surface area contributed by atoms with E-state index in [9.17, 15) is 13.2 Å². The largest absolute Gasteiger partial charge is 0.345 e. The molecule has 1 amide bonds. The normalized spacial score (nSPS) is 18.5. The summed E-state index contributed by atoms with van der Waals surface area (Å²) in [6.45, 7) is 4.78. The van der Waals surface area contributed by atoms with E-state index in [0.717, 1.165) is 43.4 Å². The molecule has 0 spiro atoms. The molecule has 0 saturated carbocycles. The van der Waals surface area contributed by atoms with E-state index in [1.54, 1.807) is 12.1 Å². The molecule has 4 rings (SSSR count). The topological polar surface area (TPSA) is 78.8 Å². The average molecular weight is 426 g/mol. The lowest BCUT2D eigenvalue weighted by molar-refractivity contribution is 0.0935. The minimum absolute atomic E-state index is 0.115. The molecule has 1 atom stereocenters. The van der Waals surface area contributed by atoms with Crippen molar-refractivity contribution in [1.29, 1.82) is 0 Å². The molecule has 2 aliphatic heterocycles. The number of carbonyl (C=O) groups excluding carboxylic acids is 1. The first-order chi connectivity index (χ1) is 14.4. The molecule has 0 unspecified atom stereocenters. The third-order valence-corrected chi connectivity index (χ3v) is 7.14. The number of aryl methyl sites for hydroxylation is 1. The number of amidine groups is 1. The maximum absolute atomic E-state index is 12.9. The van der Waals surface area contributed by atoms with Crippen LogP contribution in [0.3, 0.4) is 0 Å². The van der Waals surface area contributed by atoms with Gasteiger partial charge in [-0.1, -0.05) is 43.2 Å². The molecule has 7 heteroatoms. The van der Waals surface area contributed by atoms with Crippen molar-refractivity contribution in [1.82, 2.24) is 5.32 Å². The SMILES string of the molecule is CC[C@@H](NC(=O)c1ccc2c(c1)S(=O)(=O)N=C1CCCCCN12)c1ccc(C)cc1. The van der Waals surface area contributed by atoms with E-state index in [2.05, 4.69) is 9.71 Å². The maximum atomic E-state index is 12.9. The zero-order valence-corrected chi connectivity index (χ0v) is 18.2. The van der Waals surface area contributed by atoms with Crippen LogP contribution in [0.4, 0.5) is 5.69 Å². The van der Waals surface area contributed by atoms with Gasteiger partial charge in [-0.05, 0) is 49.9 Å². The van der Waals surface area contributed by atoms with Gasteiger partial charge >= 0.3 is 0 Å². The first-order valence-electron chi connectivity index (χ1n) is 10.5. The van der Waals surface area contributed by atoms with E-state index in [1.807, 2.05) is 43.0 Å². The Balaban J connectivity index is 1.63. The molecule has 158 valence electrons. The number of sulfonamides is 1. The molecule has 1 saturated heterocycles.